The van der Waals surface area contributed by atoms with Gasteiger partial charge in [0, 0.05) is 11.8 Å². The summed E-state index contributed by atoms with van der Waals surface area (Å²) in [5.74, 6) is 0.692. The highest BCUT2D eigenvalue weighted by molar-refractivity contribution is 7.12. The molecular weight excluding hydrogens is 394 g/mol. The van der Waals surface area contributed by atoms with Gasteiger partial charge in [-0.2, -0.15) is 5.10 Å². The lowest BCUT2D eigenvalue weighted by Crippen LogP contribution is -2.09. The molecule has 0 radical (unpaired) electrons. The van der Waals surface area contributed by atoms with E-state index in [1.54, 1.807) is 6.20 Å². The van der Waals surface area contributed by atoms with Crippen LogP contribution in [0.5, 0.6) is 5.75 Å². The van der Waals surface area contributed by atoms with Crippen LogP contribution in [0, 0.1) is 13.8 Å². The Balaban J connectivity index is 1.33. The van der Waals surface area contributed by atoms with Crippen LogP contribution in [0.4, 0.5) is 5.69 Å². The summed E-state index contributed by atoms with van der Waals surface area (Å²) < 4.78 is 7.67. The van der Waals surface area contributed by atoms with Crippen molar-refractivity contribution < 1.29 is 9.53 Å². The standard InChI is InChI=1S/C24H23N3O2S/c1-17-8-9-22(10-18(17)2)29-15-20-11-23(30-16-20)24(28)26-21-12-25-27(14-21)13-19-6-4-3-5-7-19/h3-12,14,16H,13,15H2,1-2H3,(H,26,28). The summed E-state index contributed by atoms with van der Waals surface area (Å²) >= 11 is 1.41. The lowest BCUT2D eigenvalue weighted by atomic mass is 10.1. The number of ether oxygens (including phenoxy) is 1. The monoisotopic (exact) mass is 417 g/mol. The highest BCUT2D eigenvalue weighted by Gasteiger charge is 2.11. The van der Waals surface area contributed by atoms with E-state index in [1.165, 1.54) is 22.5 Å². The fraction of sp³-hybridized carbons (Fsp3) is 0.167. The van der Waals surface area contributed by atoms with E-state index in [9.17, 15) is 4.79 Å². The van der Waals surface area contributed by atoms with Gasteiger partial charge in [0.1, 0.15) is 12.4 Å². The number of aryl methyl sites for hydroxylation is 2. The van der Waals surface area contributed by atoms with Crippen LogP contribution in [-0.4, -0.2) is 15.7 Å². The summed E-state index contributed by atoms with van der Waals surface area (Å²) in [4.78, 5) is 13.2. The summed E-state index contributed by atoms with van der Waals surface area (Å²) in [5.41, 5.74) is 5.25. The topological polar surface area (TPSA) is 56.1 Å². The molecule has 0 atom stereocenters. The third-order valence-electron chi connectivity index (χ3n) is 4.84. The number of rotatable bonds is 7. The zero-order chi connectivity index (χ0) is 20.9. The molecule has 2 heterocycles. The largest absolute Gasteiger partial charge is 0.489 e. The minimum Gasteiger partial charge on any atom is -0.489 e. The highest BCUT2D eigenvalue weighted by atomic mass is 32.1. The van der Waals surface area contributed by atoms with E-state index in [1.807, 2.05) is 64.8 Å². The molecule has 0 aliphatic heterocycles. The van der Waals surface area contributed by atoms with E-state index < -0.39 is 0 Å². The maximum Gasteiger partial charge on any atom is 0.265 e. The number of carbonyl (C=O) groups excluding carboxylic acids is 1. The first-order valence-corrected chi connectivity index (χ1v) is 10.6. The van der Waals surface area contributed by atoms with E-state index in [4.69, 9.17) is 4.74 Å². The summed E-state index contributed by atoms with van der Waals surface area (Å²) in [6, 6.07) is 18.0. The van der Waals surface area contributed by atoms with Gasteiger partial charge in [-0.3, -0.25) is 9.48 Å². The lowest BCUT2D eigenvalue weighted by molar-refractivity contribution is 0.103. The van der Waals surface area contributed by atoms with Crippen LogP contribution in [0.25, 0.3) is 0 Å². The first-order valence-electron chi connectivity index (χ1n) is 9.72. The van der Waals surface area contributed by atoms with Crippen LogP contribution in [0.1, 0.15) is 31.9 Å². The van der Waals surface area contributed by atoms with E-state index in [0.29, 0.717) is 23.7 Å². The third kappa shape index (κ3) is 4.96. The molecule has 0 aliphatic carbocycles. The molecule has 4 aromatic rings. The first-order chi connectivity index (χ1) is 14.6. The zero-order valence-electron chi connectivity index (χ0n) is 17.0. The van der Waals surface area contributed by atoms with Gasteiger partial charge in [0.15, 0.2) is 0 Å². The molecule has 0 saturated carbocycles. The van der Waals surface area contributed by atoms with Crippen molar-refractivity contribution in [2.75, 3.05) is 5.32 Å². The predicted octanol–water partition coefficient (Wildman–Crippen LogP) is 5.44. The third-order valence-corrected chi connectivity index (χ3v) is 5.82. The molecule has 0 bridgehead atoms. The molecule has 0 aliphatic rings. The Labute approximate surface area is 179 Å². The molecule has 5 nitrogen and oxygen atoms in total. The van der Waals surface area contributed by atoms with Crippen molar-refractivity contribution in [1.29, 1.82) is 0 Å². The van der Waals surface area contributed by atoms with Crippen molar-refractivity contribution in [2.24, 2.45) is 0 Å². The quantitative estimate of drug-likeness (QED) is 0.436. The molecule has 6 heteroatoms. The van der Waals surface area contributed by atoms with Crippen LogP contribution in [0.3, 0.4) is 0 Å². The smallest absolute Gasteiger partial charge is 0.265 e. The Morgan fingerprint density at radius 2 is 1.90 bits per heavy atom. The molecule has 0 unspecified atom stereocenters. The Kier molecular flexibility index (Phi) is 5.95. The number of amides is 1. The van der Waals surface area contributed by atoms with Crippen molar-refractivity contribution >= 4 is 22.9 Å². The minimum atomic E-state index is -0.142. The Bertz CT molecular complexity index is 1150. The second-order valence-corrected chi connectivity index (χ2v) is 8.13. The normalized spacial score (nSPS) is 10.7. The fourth-order valence-corrected chi connectivity index (χ4v) is 3.81. The second-order valence-electron chi connectivity index (χ2n) is 7.22. The molecular formula is C24H23N3O2S. The van der Waals surface area contributed by atoms with Crippen molar-refractivity contribution in [3.63, 3.8) is 0 Å². The summed E-state index contributed by atoms with van der Waals surface area (Å²) in [5, 5.41) is 9.19. The van der Waals surface area contributed by atoms with Crippen LogP contribution in [-0.2, 0) is 13.2 Å². The zero-order valence-corrected chi connectivity index (χ0v) is 17.8. The number of carbonyl (C=O) groups is 1. The predicted molar refractivity (Wildman–Crippen MR) is 120 cm³/mol. The molecule has 0 fully saturated rings. The number of hydrogen-bond acceptors (Lipinski definition) is 4. The van der Waals surface area contributed by atoms with Gasteiger partial charge in [-0.25, -0.2) is 0 Å². The minimum absolute atomic E-state index is 0.142. The maximum absolute atomic E-state index is 12.6. The average Bonchev–Trinajstić information content (AvgIpc) is 3.39. The molecule has 4 rings (SSSR count). The number of thiophene rings is 1. The number of aromatic nitrogens is 2. The van der Waals surface area contributed by atoms with Crippen LogP contribution in [0.2, 0.25) is 0 Å². The van der Waals surface area contributed by atoms with Gasteiger partial charge < -0.3 is 10.1 Å². The number of benzene rings is 2. The van der Waals surface area contributed by atoms with Gasteiger partial charge in [0.25, 0.3) is 5.91 Å². The van der Waals surface area contributed by atoms with Gasteiger partial charge >= 0.3 is 0 Å². The number of hydrogen-bond donors (Lipinski definition) is 1. The fourth-order valence-electron chi connectivity index (χ4n) is 3.02. The lowest BCUT2D eigenvalue weighted by Gasteiger charge is -2.07. The number of nitrogens with one attached hydrogen (secondary N) is 1. The second kappa shape index (κ2) is 8.97. The maximum atomic E-state index is 12.6. The van der Waals surface area contributed by atoms with E-state index in [-0.39, 0.29) is 5.91 Å². The van der Waals surface area contributed by atoms with Crippen molar-refractivity contribution in [2.45, 2.75) is 27.0 Å². The van der Waals surface area contributed by atoms with Crippen molar-refractivity contribution in [1.82, 2.24) is 9.78 Å². The van der Waals surface area contributed by atoms with E-state index >= 15 is 0 Å². The summed E-state index contributed by atoms with van der Waals surface area (Å²) in [6.45, 7) is 5.24. The molecule has 1 amide bonds. The Hall–Kier alpha value is -3.38. The molecule has 2 aromatic carbocycles. The summed E-state index contributed by atoms with van der Waals surface area (Å²) in [7, 11) is 0. The van der Waals surface area contributed by atoms with E-state index in [0.717, 1.165) is 16.9 Å². The van der Waals surface area contributed by atoms with Gasteiger partial charge in [-0.1, -0.05) is 36.4 Å². The van der Waals surface area contributed by atoms with Gasteiger partial charge in [0.2, 0.25) is 0 Å². The van der Waals surface area contributed by atoms with Gasteiger partial charge in [-0.15, -0.1) is 11.3 Å². The average molecular weight is 418 g/mol. The van der Waals surface area contributed by atoms with Crippen molar-refractivity contribution in [3.05, 3.63) is 99.5 Å². The molecule has 30 heavy (non-hydrogen) atoms. The Morgan fingerprint density at radius 3 is 2.70 bits per heavy atom. The number of anilines is 1. The Morgan fingerprint density at radius 1 is 1.07 bits per heavy atom. The van der Waals surface area contributed by atoms with E-state index in [2.05, 4.69) is 30.3 Å². The number of nitrogens with zero attached hydrogens (tertiary/aromatic N) is 2. The van der Waals surface area contributed by atoms with Crippen LogP contribution >= 0.6 is 11.3 Å². The molecule has 152 valence electrons. The molecule has 0 saturated heterocycles. The van der Waals surface area contributed by atoms with Gasteiger partial charge in [0.05, 0.1) is 23.3 Å². The summed E-state index contributed by atoms with van der Waals surface area (Å²) in [6.07, 6.45) is 3.50. The SMILES string of the molecule is Cc1ccc(OCc2csc(C(=O)Nc3cnn(Cc4ccccc4)c3)c2)cc1C. The van der Waals surface area contributed by atoms with Crippen molar-refractivity contribution in [3.8, 4) is 5.75 Å². The van der Waals surface area contributed by atoms with Crippen LogP contribution < -0.4 is 10.1 Å². The highest BCUT2D eigenvalue weighted by Crippen LogP contribution is 2.21. The van der Waals surface area contributed by atoms with Gasteiger partial charge in [-0.05, 0) is 54.1 Å². The van der Waals surface area contributed by atoms with Crippen LogP contribution in [0.15, 0.2) is 72.4 Å². The molecule has 2 aromatic heterocycles. The molecule has 0 spiro atoms. The molecule has 1 N–H and O–H groups in total. The first kappa shape index (κ1) is 19.9.